The lowest BCUT2D eigenvalue weighted by Gasteiger charge is -2.30. The van der Waals surface area contributed by atoms with Crippen molar-refractivity contribution in [1.29, 1.82) is 0 Å². The lowest BCUT2D eigenvalue weighted by molar-refractivity contribution is 0.245. The fourth-order valence-electron chi connectivity index (χ4n) is 2.96. The van der Waals surface area contributed by atoms with Crippen molar-refractivity contribution < 1.29 is 9.26 Å². The first kappa shape index (κ1) is 12.8. The van der Waals surface area contributed by atoms with Crippen LogP contribution in [-0.2, 0) is 6.42 Å². The first-order valence-corrected chi connectivity index (χ1v) is 7.56. The highest BCUT2D eigenvalue weighted by atomic mass is 16.5. The topological polar surface area (TPSA) is 60.2 Å². The summed E-state index contributed by atoms with van der Waals surface area (Å²) in [5.74, 6) is 3.63. The highest BCUT2D eigenvalue weighted by molar-refractivity contribution is 5.36. The number of hydrogen-bond acceptors (Lipinski definition) is 5. The van der Waals surface area contributed by atoms with Crippen LogP contribution in [0, 0.1) is 5.92 Å². The molecule has 21 heavy (non-hydrogen) atoms. The molecule has 2 atom stereocenters. The van der Waals surface area contributed by atoms with Gasteiger partial charge < -0.3 is 14.6 Å². The summed E-state index contributed by atoms with van der Waals surface area (Å²) in [5.41, 5.74) is 1.22. The number of benzene rings is 1. The van der Waals surface area contributed by atoms with E-state index in [1.54, 1.807) is 0 Å². The SMILES string of the molecule is CC(c1nc(C2COc3ccccc3C2)no1)C1CNC1. The smallest absolute Gasteiger partial charge is 0.229 e. The molecule has 3 heterocycles. The Morgan fingerprint density at radius 1 is 1.29 bits per heavy atom. The number of rotatable bonds is 3. The Hall–Kier alpha value is -1.88. The molecule has 1 fully saturated rings. The summed E-state index contributed by atoms with van der Waals surface area (Å²) in [7, 11) is 0. The summed E-state index contributed by atoms with van der Waals surface area (Å²) in [6, 6.07) is 8.15. The monoisotopic (exact) mass is 285 g/mol. The van der Waals surface area contributed by atoms with Crippen LogP contribution < -0.4 is 10.1 Å². The lowest BCUT2D eigenvalue weighted by atomic mass is 9.89. The highest BCUT2D eigenvalue weighted by Crippen LogP contribution is 2.32. The Kier molecular flexibility index (Phi) is 3.15. The molecule has 0 aliphatic carbocycles. The molecule has 0 amide bonds. The predicted molar refractivity (Wildman–Crippen MR) is 77.5 cm³/mol. The molecule has 0 bridgehead atoms. The van der Waals surface area contributed by atoms with Gasteiger partial charge >= 0.3 is 0 Å². The fraction of sp³-hybridized carbons (Fsp3) is 0.500. The van der Waals surface area contributed by atoms with Crippen molar-refractivity contribution in [3.05, 3.63) is 41.5 Å². The van der Waals surface area contributed by atoms with Gasteiger partial charge in [-0.3, -0.25) is 0 Å². The summed E-state index contributed by atoms with van der Waals surface area (Å²) in [4.78, 5) is 4.62. The van der Waals surface area contributed by atoms with E-state index in [-0.39, 0.29) is 5.92 Å². The standard InChI is InChI=1S/C16H19N3O2/c1-10(13-7-17-8-13)16-18-15(19-21-16)12-6-11-4-2-3-5-14(11)20-9-12/h2-5,10,12-13,17H,6-9H2,1H3. The highest BCUT2D eigenvalue weighted by Gasteiger charge is 2.31. The molecule has 1 aromatic carbocycles. The molecule has 1 saturated heterocycles. The summed E-state index contributed by atoms with van der Waals surface area (Å²) < 4.78 is 11.3. The number of fused-ring (bicyclic) bond motifs is 1. The van der Waals surface area contributed by atoms with E-state index < -0.39 is 0 Å². The van der Waals surface area contributed by atoms with Gasteiger partial charge in [0.2, 0.25) is 5.89 Å². The molecular formula is C16H19N3O2. The van der Waals surface area contributed by atoms with E-state index in [0.717, 1.165) is 37.0 Å². The van der Waals surface area contributed by atoms with Crippen LogP contribution in [0.5, 0.6) is 5.75 Å². The Labute approximate surface area is 123 Å². The minimum absolute atomic E-state index is 0.184. The third kappa shape index (κ3) is 2.31. The Balaban J connectivity index is 1.51. The van der Waals surface area contributed by atoms with Crippen LogP contribution in [0.15, 0.2) is 28.8 Å². The summed E-state index contributed by atoms with van der Waals surface area (Å²) in [6.45, 7) is 4.86. The predicted octanol–water partition coefficient (Wildman–Crippen LogP) is 2.11. The maximum Gasteiger partial charge on any atom is 0.229 e. The first-order chi connectivity index (χ1) is 10.3. The van der Waals surface area contributed by atoms with Crippen molar-refractivity contribution in [1.82, 2.24) is 15.5 Å². The van der Waals surface area contributed by atoms with E-state index in [4.69, 9.17) is 9.26 Å². The third-order valence-electron chi connectivity index (χ3n) is 4.61. The first-order valence-electron chi connectivity index (χ1n) is 7.56. The molecule has 1 N–H and O–H groups in total. The van der Waals surface area contributed by atoms with Gasteiger partial charge in [0.25, 0.3) is 0 Å². The van der Waals surface area contributed by atoms with Gasteiger partial charge in [-0.25, -0.2) is 0 Å². The second-order valence-electron chi connectivity index (χ2n) is 6.02. The van der Waals surface area contributed by atoms with E-state index in [0.29, 0.717) is 18.4 Å². The maximum absolute atomic E-state index is 5.81. The Bertz CT molecular complexity index is 636. The van der Waals surface area contributed by atoms with E-state index >= 15 is 0 Å². The van der Waals surface area contributed by atoms with Crippen LogP contribution in [0.1, 0.15) is 36.0 Å². The van der Waals surface area contributed by atoms with Gasteiger partial charge in [-0.1, -0.05) is 30.3 Å². The quantitative estimate of drug-likeness (QED) is 0.936. The number of para-hydroxylation sites is 1. The lowest BCUT2D eigenvalue weighted by Crippen LogP contribution is -2.44. The molecule has 0 spiro atoms. The van der Waals surface area contributed by atoms with Crippen molar-refractivity contribution in [3.8, 4) is 5.75 Å². The molecular weight excluding hydrogens is 266 g/mol. The number of ether oxygens (including phenoxy) is 1. The molecule has 5 heteroatoms. The van der Waals surface area contributed by atoms with Crippen LogP contribution in [0.2, 0.25) is 0 Å². The van der Waals surface area contributed by atoms with Crippen LogP contribution in [-0.4, -0.2) is 29.8 Å². The van der Waals surface area contributed by atoms with Crippen LogP contribution in [0.25, 0.3) is 0 Å². The van der Waals surface area contributed by atoms with Gasteiger partial charge in [-0.15, -0.1) is 0 Å². The zero-order valence-corrected chi connectivity index (χ0v) is 12.1. The number of nitrogens with zero attached hydrogens (tertiary/aromatic N) is 2. The second-order valence-corrected chi connectivity index (χ2v) is 6.02. The van der Waals surface area contributed by atoms with Crippen molar-refractivity contribution in [2.45, 2.75) is 25.2 Å². The molecule has 1 aromatic heterocycles. The molecule has 5 nitrogen and oxygen atoms in total. The van der Waals surface area contributed by atoms with Gasteiger partial charge in [0.15, 0.2) is 5.82 Å². The van der Waals surface area contributed by atoms with Crippen molar-refractivity contribution >= 4 is 0 Å². The number of hydrogen-bond donors (Lipinski definition) is 1. The van der Waals surface area contributed by atoms with Crippen LogP contribution >= 0.6 is 0 Å². The summed E-state index contributed by atoms with van der Waals surface area (Å²) in [5, 5.41) is 7.47. The maximum atomic E-state index is 5.81. The molecule has 110 valence electrons. The van der Waals surface area contributed by atoms with Gasteiger partial charge in [0, 0.05) is 5.92 Å². The molecule has 0 saturated carbocycles. The number of nitrogens with one attached hydrogen (secondary N) is 1. The van der Waals surface area contributed by atoms with Crippen molar-refractivity contribution in [2.75, 3.05) is 19.7 Å². The van der Waals surface area contributed by atoms with Crippen molar-refractivity contribution in [2.24, 2.45) is 5.92 Å². The second kappa shape index (κ2) is 5.15. The normalized spacial score (nSPS) is 23.0. The zero-order valence-electron chi connectivity index (χ0n) is 12.1. The van der Waals surface area contributed by atoms with Gasteiger partial charge in [-0.05, 0) is 37.1 Å². The fourth-order valence-corrected chi connectivity index (χ4v) is 2.96. The minimum atomic E-state index is 0.184. The average molecular weight is 285 g/mol. The Morgan fingerprint density at radius 2 is 2.14 bits per heavy atom. The average Bonchev–Trinajstić information content (AvgIpc) is 2.95. The summed E-state index contributed by atoms with van der Waals surface area (Å²) >= 11 is 0. The number of aromatic nitrogens is 2. The van der Waals surface area contributed by atoms with Crippen molar-refractivity contribution in [3.63, 3.8) is 0 Å². The Morgan fingerprint density at radius 3 is 2.95 bits per heavy atom. The molecule has 2 unspecified atom stereocenters. The van der Waals surface area contributed by atoms with Crippen LogP contribution in [0.4, 0.5) is 0 Å². The van der Waals surface area contributed by atoms with E-state index in [9.17, 15) is 0 Å². The largest absolute Gasteiger partial charge is 0.493 e. The van der Waals surface area contributed by atoms with Gasteiger partial charge in [0.1, 0.15) is 5.75 Å². The molecule has 2 aliphatic heterocycles. The molecule has 2 aromatic rings. The van der Waals surface area contributed by atoms with E-state index in [1.807, 2.05) is 18.2 Å². The van der Waals surface area contributed by atoms with Gasteiger partial charge in [0.05, 0.1) is 12.5 Å². The van der Waals surface area contributed by atoms with Crippen LogP contribution in [0.3, 0.4) is 0 Å². The molecule has 0 radical (unpaired) electrons. The zero-order chi connectivity index (χ0) is 14.2. The van der Waals surface area contributed by atoms with E-state index in [2.05, 4.69) is 28.4 Å². The van der Waals surface area contributed by atoms with Gasteiger partial charge in [-0.2, -0.15) is 4.98 Å². The third-order valence-corrected chi connectivity index (χ3v) is 4.61. The minimum Gasteiger partial charge on any atom is -0.493 e. The summed E-state index contributed by atoms with van der Waals surface area (Å²) in [6.07, 6.45) is 0.911. The van der Waals surface area contributed by atoms with E-state index in [1.165, 1.54) is 5.56 Å². The molecule has 2 aliphatic rings. The molecule has 4 rings (SSSR count).